The molecule has 7 nitrogen and oxygen atoms in total. The van der Waals surface area contributed by atoms with Crippen molar-refractivity contribution in [3.63, 3.8) is 0 Å². The van der Waals surface area contributed by atoms with Crippen molar-refractivity contribution in [3.05, 3.63) is 68.3 Å². The molecular formula is C17H13ClN4O3S. The van der Waals surface area contributed by atoms with Crippen LogP contribution in [0.25, 0.3) is 6.08 Å². The van der Waals surface area contributed by atoms with E-state index in [1.165, 1.54) is 17.0 Å². The molecule has 132 valence electrons. The van der Waals surface area contributed by atoms with Crippen molar-refractivity contribution in [1.29, 1.82) is 0 Å². The zero-order chi connectivity index (χ0) is 18.7. The number of rotatable bonds is 4. The lowest BCUT2D eigenvalue weighted by Gasteiger charge is -2.12. The van der Waals surface area contributed by atoms with Crippen molar-refractivity contribution in [1.82, 2.24) is 9.88 Å². The van der Waals surface area contributed by atoms with Crippen molar-refractivity contribution < 1.29 is 9.72 Å². The maximum absolute atomic E-state index is 12.6. The monoisotopic (exact) mass is 388 g/mol. The van der Waals surface area contributed by atoms with Gasteiger partial charge >= 0.3 is 0 Å². The number of carbonyl (C=O) groups is 1. The molecule has 1 fully saturated rings. The molecule has 0 spiro atoms. The molecule has 1 saturated heterocycles. The van der Waals surface area contributed by atoms with Gasteiger partial charge in [0.05, 0.1) is 15.4 Å². The van der Waals surface area contributed by atoms with E-state index in [-0.39, 0.29) is 16.7 Å². The van der Waals surface area contributed by atoms with Crippen LogP contribution in [0.3, 0.4) is 0 Å². The molecule has 0 unspecified atom stereocenters. The van der Waals surface area contributed by atoms with Gasteiger partial charge in [-0.25, -0.2) is 9.98 Å². The Morgan fingerprint density at radius 2 is 2.12 bits per heavy atom. The number of para-hydroxylation sites is 1. The Balaban J connectivity index is 2.00. The zero-order valence-corrected chi connectivity index (χ0v) is 15.2. The number of carbonyl (C=O) groups excluding carboxylic acids is 1. The van der Waals surface area contributed by atoms with Gasteiger partial charge in [-0.3, -0.25) is 19.8 Å². The molecular weight excluding hydrogens is 376 g/mol. The van der Waals surface area contributed by atoms with E-state index in [1.807, 2.05) is 6.92 Å². The van der Waals surface area contributed by atoms with Crippen molar-refractivity contribution in [2.75, 3.05) is 6.54 Å². The molecule has 9 heteroatoms. The van der Waals surface area contributed by atoms with Crippen LogP contribution in [-0.4, -0.2) is 32.4 Å². The quantitative estimate of drug-likeness (QED) is 0.338. The third-order valence-electron chi connectivity index (χ3n) is 3.58. The average molecular weight is 389 g/mol. The maximum Gasteiger partial charge on any atom is 0.276 e. The first-order valence-electron chi connectivity index (χ1n) is 7.65. The Kier molecular flexibility index (Phi) is 5.34. The molecule has 0 atom stereocenters. The lowest BCUT2D eigenvalue weighted by atomic mass is 10.1. The van der Waals surface area contributed by atoms with Crippen molar-refractivity contribution in [2.24, 2.45) is 4.99 Å². The Morgan fingerprint density at radius 1 is 1.35 bits per heavy atom. The molecule has 0 bridgehead atoms. The fourth-order valence-corrected chi connectivity index (χ4v) is 3.56. The van der Waals surface area contributed by atoms with E-state index in [0.29, 0.717) is 27.9 Å². The number of hydrogen-bond acceptors (Lipinski definition) is 6. The highest BCUT2D eigenvalue weighted by Gasteiger charge is 2.33. The molecule has 0 N–H and O–H groups in total. The summed E-state index contributed by atoms with van der Waals surface area (Å²) < 4.78 is 0. The Labute approximate surface area is 158 Å². The normalized spacial score (nSPS) is 17.3. The molecule has 1 aliphatic rings. The number of halogens is 1. The van der Waals surface area contributed by atoms with Crippen LogP contribution >= 0.6 is 23.4 Å². The second kappa shape index (κ2) is 7.67. The number of aliphatic imine (C=N–C) groups is 1. The third kappa shape index (κ3) is 3.61. The number of pyridine rings is 1. The number of thioether (sulfide) groups is 1. The van der Waals surface area contributed by atoms with E-state index < -0.39 is 4.92 Å². The first-order chi connectivity index (χ1) is 12.5. The summed E-state index contributed by atoms with van der Waals surface area (Å²) in [7, 11) is 0. The zero-order valence-electron chi connectivity index (χ0n) is 13.6. The minimum Gasteiger partial charge on any atom is -0.287 e. The van der Waals surface area contributed by atoms with Gasteiger partial charge in [-0.15, -0.1) is 0 Å². The van der Waals surface area contributed by atoms with Gasteiger partial charge in [-0.2, -0.15) is 0 Å². The van der Waals surface area contributed by atoms with Crippen LogP contribution in [0.15, 0.2) is 52.5 Å². The number of benzene rings is 1. The van der Waals surface area contributed by atoms with Crippen LogP contribution in [0.5, 0.6) is 0 Å². The number of nitro groups is 1. The molecule has 26 heavy (non-hydrogen) atoms. The summed E-state index contributed by atoms with van der Waals surface area (Å²) in [6.07, 6.45) is 3.07. The van der Waals surface area contributed by atoms with E-state index in [1.54, 1.807) is 36.5 Å². The smallest absolute Gasteiger partial charge is 0.276 e. The van der Waals surface area contributed by atoms with E-state index in [9.17, 15) is 14.9 Å². The van der Waals surface area contributed by atoms with E-state index >= 15 is 0 Å². The number of hydrogen-bond donors (Lipinski definition) is 0. The van der Waals surface area contributed by atoms with Crippen LogP contribution in [-0.2, 0) is 4.79 Å². The van der Waals surface area contributed by atoms with Crippen LogP contribution in [0.2, 0.25) is 5.15 Å². The van der Waals surface area contributed by atoms with Crippen LogP contribution in [0, 0.1) is 10.1 Å². The van der Waals surface area contributed by atoms with Gasteiger partial charge in [-0.05, 0) is 43.0 Å². The van der Waals surface area contributed by atoms with Gasteiger partial charge in [-0.1, -0.05) is 23.7 Å². The number of amides is 1. The van der Waals surface area contributed by atoms with Crippen molar-refractivity contribution in [3.8, 4) is 0 Å². The minimum atomic E-state index is -0.474. The lowest BCUT2D eigenvalue weighted by Crippen LogP contribution is -2.28. The summed E-state index contributed by atoms with van der Waals surface area (Å²) in [4.78, 5) is 33.6. The Morgan fingerprint density at radius 3 is 2.81 bits per heavy atom. The van der Waals surface area contributed by atoms with Crippen LogP contribution in [0.4, 0.5) is 11.4 Å². The van der Waals surface area contributed by atoms with E-state index in [0.717, 1.165) is 11.8 Å². The highest BCUT2D eigenvalue weighted by Crippen LogP contribution is 2.36. The van der Waals surface area contributed by atoms with Gasteiger partial charge in [0.2, 0.25) is 0 Å². The third-order valence-corrected chi connectivity index (χ3v) is 4.88. The molecule has 1 aromatic carbocycles. The van der Waals surface area contributed by atoms with Gasteiger partial charge < -0.3 is 0 Å². The number of amidine groups is 1. The SMILES string of the molecule is CCN1C(=O)/C(=C/c2ccccc2[N+](=O)[O-])SC1=Nc1cccnc1Cl. The summed E-state index contributed by atoms with van der Waals surface area (Å²) >= 11 is 7.18. The molecule has 3 rings (SSSR count). The molecule has 0 aliphatic carbocycles. The number of likely N-dealkylation sites (N-methyl/N-ethyl adjacent to an activating group) is 1. The summed E-state index contributed by atoms with van der Waals surface area (Å²) in [5.41, 5.74) is 0.761. The predicted molar refractivity (Wildman–Crippen MR) is 102 cm³/mol. The maximum atomic E-state index is 12.6. The molecule has 1 aromatic heterocycles. The number of aromatic nitrogens is 1. The standard InChI is InChI=1S/C17H13ClN4O3S/c1-2-21-16(23)14(10-11-6-3-4-8-13(11)22(24)25)26-17(21)20-12-7-5-9-19-15(12)18/h3-10H,2H2,1H3/b14-10-,20-17?. The Bertz CT molecular complexity index is 945. The highest BCUT2D eigenvalue weighted by atomic mass is 35.5. The van der Waals surface area contributed by atoms with Crippen LogP contribution in [0.1, 0.15) is 12.5 Å². The molecule has 1 amide bonds. The first kappa shape index (κ1) is 18.1. The summed E-state index contributed by atoms with van der Waals surface area (Å²) in [6, 6.07) is 9.67. The van der Waals surface area contributed by atoms with Crippen molar-refractivity contribution >= 4 is 51.9 Å². The van der Waals surface area contributed by atoms with Crippen molar-refractivity contribution in [2.45, 2.75) is 6.92 Å². The minimum absolute atomic E-state index is 0.0582. The molecule has 1 aliphatic heterocycles. The Hall–Kier alpha value is -2.71. The number of nitro benzene ring substituents is 1. The topological polar surface area (TPSA) is 88.7 Å². The fraction of sp³-hybridized carbons (Fsp3) is 0.118. The second-order valence-electron chi connectivity index (χ2n) is 5.18. The number of nitrogens with zero attached hydrogens (tertiary/aromatic N) is 4. The van der Waals surface area contributed by atoms with Gasteiger partial charge in [0.15, 0.2) is 10.3 Å². The fourth-order valence-electron chi connectivity index (χ4n) is 2.35. The van der Waals surface area contributed by atoms with Gasteiger partial charge in [0, 0.05) is 18.8 Å². The molecule has 0 radical (unpaired) electrons. The van der Waals surface area contributed by atoms with E-state index in [2.05, 4.69) is 9.98 Å². The lowest BCUT2D eigenvalue weighted by molar-refractivity contribution is -0.385. The van der Waals surface area contributed by atoms with Crippen LogP contribution < -0.4 is 0 Å². The largest absolute Gasteiger partial charge is 0.287 e. The van der Waals surface area contributed by atoms with Gasteiger partial charge in [0.1, 0.15) is 5.69 Å². The first-order valence-corrected chi connectivity index (χ1v) is 8.84. The molecule has 0 saturated carbocycles. The summed E-state index contributed by atoms with van der Waals surface area (Å²) in [5, 5.41) is 11.9. The summed E-state index contributed by atoms with van der Waals surface area (Å²) in [6.45, 7) is 2.24. The highest BCUT2D eigenvalue weighted by molar-refractivity contribution is 8.18. The second-order valence-corrected chi connectivity index (χ2v) is 6.55. The average Bonchev–Trinajstić information content (AvgIpc) is 2.92. The predicted octanol–water partition coefficient (Wildman–Crippen LogP) is 4.27. The summed E-state index contributed by atoms with van der Waals surface area (Å²) in [5.74, 6) is -0.255. The van der Waals surface area contributed by atoms with E-state index in [4.69, 9.17) is 11.6 Å². The molecule has 2 heterocycles. The van der Waals surface area contributed by atoms with Gasteiger partial charge in [0.25, 0.3) is 11.6 Å². The molecule has 2 aromatic rings.